The van der Waals surface area contributed by atoms with Crippen LogP contribution in [0.5, 0.6) is 0 Å². The van der Waals surface area contributed by atoms with Crippen molar-refractivity contribution in [1.82, 2.24) is 10.4 Å². The second kappa shape index (κ2) is 8.59. The van der Waals surface area contributed by atoms with E-state index in [1.54, 1.807) is 41.8 Å². The van der Waals surface area contributed by atoms with Gasteiger partial charge in [0, 0.05) is 12.6 Å². The number of nitrogens with one attached hydrogen (secondary N) is 2. The first-order chi connectivity index (χ1) is 12.6. The second-order valence-corrected chi connectivity index (χ2v) is 7.59. The van der Waals surface area contributed by atoms with Crippen LogP contribution in [0.3, 0.4) is 0 Å². The topological polar surface area (TPSA) is 83.5 Å². The summed E-state index contributed by atoms with van der Waals surface area (Å²) in [5.74, 6) is -0.0665. The quantitative estimate of drug-likeness (QED) is 0.387. The van der Waals surface area contributed by atoms with E-state index in [0.717, 1.165) is 20.1 Å². The van der Waals surface area contributed by atoms with E-state index in [9.17, 15) is 9.59 Å². The Kier molecular flexibility index (Phi) is 5.98. The van der Waals surface area contributed by atoms with Crippen molar-refractivity contribution in [2.75, 3.05) is 11.1 Å². The molecule has 0 unspecified atom stereocenters. The molecule has 2 N–H and O–H groups in total. The molecule has 132 valence electrons. The fraction of sp³-hybridized carbons (Fsp3) is 0.111. The minimum atomic E-state index is -0.194. The summed E-state index contributed by atoms with van der Waals surface area (Å²) >= 11 is 2.96. The third-order valence-corrected chi connectivity index (χ3v) is 5.41. The van der Waals surface area contributed by atoms with Gasteiger partial charge in [-0.15, -0.1) is 11.3 Å². The summed E-state index contributed by atoms with van der Waals surface area (Å²) < 4.78 is 1.97. The first-order valence-electron chi connectivity index (χ1n) is 7.78. The summed E-state index contributed by atoms with van der Waals surface area (Å²) in [7, 11) is 0. The molecule has 0 saturated heterocycles. The summed E-state index contributed by atoms with van der Waals surface area (Å²) in [6, 6.07) is 15.0. The normalized spacial score (nSPS) is 11.0. The maximum absolute atomic E-state index is 11.9. The lowest BCUT2D eigenvalue weighted by atomic mass is 10.2. The van der Waals surface area contributed by atoms with Crippen LogP contribution in [0.15, 0.2) is 58.0 Å². The number of hydrogen-bond acceptors (Lipinski definition) is 6. The molecule has 0 aliphatic rings. The number of hydrogen-bond donors (Lipinski definition) is 2. The highest BCUT2D eigenvalue weighted by atomic mass is 32.2. The first-order valence-corrected chi connectivity index (χ1v) is 9.58. The lowest BCUT2D eigenvalue weighted by Crippen LogP contribution is -2.19. The Morgan fingerprint density at radius 3 is 2.69 bits per heavy atom. The number of para-hydroxylation sites is 1. The number of nitrogens with zero attached hydrogens (tertiary/aromatic N) is 2. The molecule has 0 aliphatic carbocycles. The van der Waals surface area contributed by atoms with Crippen molar-refractivity contribution in [2.24, 2.45) is 5.10 Å². The molecule has 2 aromatic carbocycles. The maximum atomic E-state index is 11.9. The van der Waals surface area contributed by atoms with Crippen LogP contribution in [0, 0.1) is 0 Å². The predicted molar refractivity (Wildman–Crippen MR) is 107 cm³/mol. The minimum absolute atomic E-state index is 0.121. The number of carbonyl (C=O) groups is 2. The van der Waals surface area contributed by atoms with E-state index >= 15 is 0 Å². The number of carbonyl (C=O) groups excluding carboxylic acids is 2. The van der Waals surface area contributed by atoms with Gasteiger partial charge in [-0.25, -0.2) is 10.4 Å². The molecule has 0 spiro atoms. The minimum Gasteiger partial charge on any atom is -0.326 e. The fourth-order valence-corrected chi connectivity index (χ4v) is 3.97. The maximum Gasteiger partial charge on any atom is 0.250 e. The molecular weight excluding hydrogens is 368 g/mol. The number of fused-ring (bicyclic) bond motifs is 1. The van der Waals surface area contributed by atoms with E-state index in [-0.39, 0.29) is 17.6 Å². The number of aromatic nitrogens is 1. The first kappa shape index (κ1) is 18.1. The zero-order chi connectivity index (χ0) is 18.4. The van der Waals surface area contributed by atoms with E-state index in [2.05, 4.69) is 20.8 Å². The van der Waals surface area contributed by atoms with Crippen LogP contribution in [0.4, 0.5) is 5.69 Å². The number of anilines is 1. The van der Waals surface area contributed by atoms with Gasteiger partial charge in [0.1, 0.15) is 0 Å². The van der Waals surface area contributed by atoms with E-state index in [1.807, 2.05) is 24.3 Å². The average molecular weight is 384 g/mol. The molecule has 0 fully saturated rings. The number of amides is 2. The van der Waals surface area contributed by atoms with Gasteiger partial charge in [0.15, 0.2) is 4.34 Å². The third kappa shape index (κ3) is 5.14. The highest BCUT2D eigenvalue weighted by molar-refractivity contribution is 8.01. The number of benzene rings is 2. The third-order valence-electron chi connectivity index (χ3n) is 3.23. The van der Waals surface area contributed by atoms with Crippen LogP contribution in [0.25, 0.3) is 10.2 Å². The SMILES string of the molecule is CC(=O)Nc1ccc(/C=N/NC(=O)CSc2nc3ccccc3s2)cc1. The van der Waals surface area contributed by atoms with E-state index in [4.69, 9.17) is 0 Å². The van der Waals surface area contributed by atoms with Gasteiger partial charge < -0.3 is 5.32 Å². The van der Waals surface area contributed by atoms with Crippen LogP contribution in [0.1, 0.15) is 12.5 Å². The molecule has 0 saturated carbocycles. The van der Waals surface area contributed by atoms with Crippen molar-refractivity contribution < 1.29 is 9.59 Å². The molecule has 0 aliphatic heterocycles. The van der Waals surface area contributed by atoms with Crippen molar-refractivity contribution in [2.45, 2.75) is 11.3 Å². The van der Waals surface area contributed by atoms with Gasteiger partial charge in [0.2, 0.25) is 5.91 Å². The Morgan fingerprint density at radius 1 is 1.19 bits per heavy atom. The van der Waals surface area contributed by atoms with Crippen molar-refractivity contribution in [3.63, 3.8) is 0 Å². The van der Waals surface area contributed by atoms with Gasteiger partial charge in [0.05, 0.1) is 22.2 Å². The van der Waals surface area contributed by atoms with Gasteiger partial charge in [-0.3, -0.25) is 9.59 Å². The van der Waals surface area contributed by atoms with Gasteiger partial charge in [-0.05, 0) is 29.8 Å². The summed E-state index contributed by atoms with van der Waals surface area (Å²) in [6.07, 6.45) is 1.55. The van der Waals surface area contributed by atoms with Crippen molar-refractivity contribution in [1.29, 1.82) is 0 Å². The van der Waals surface area contributed by atoms with E-state index < -0.39 is 0 Å². The Balaban J connectivity index is 1.47. The summed E-state index contributed by atoms with van der Waals surface area (Å²) in [6.45, 7) is 1.46. The molecule has 1 aromatic heterocycles. The largest absolute Gasteiger partial charge is 0.326 e. The monoisotopic (exact) mass is 384 g/mol. The smallest absolute Gasteiger partial charge is 0.250 e. The van der Waals surface area contributed by atoms with Gasteiger partial charge in [-0.2, -0.15) is 5.10 Å². The number of thiazole rings is 1. The molecule has 0 bridgehead atoms. The molecule has 1 heterocycles. The van der Waals surface area contributed by atoms with Crippen LogP contribution < -0.4 is 10.7 Å². The van der Waals surface area contributed by atoms with Crippen molar-refractivity contribution in [3.05, 3.63) is 54.1 Å². The molecule has 3 rings (SSSR count). The standard InChI is InChI=1S/C18H16N4O2S2/c1-12(23)20-14-8-6-13(7-9-14)10-19-22-17(24)11-25-18-21-15-4-2-3-5-16(15)26-18/h2-10H,11H2,1H3,(H,20,23)(H,22,24)/b19-10+. The van der Waals surface area contributed by atoms with Crippen LogP contribution in [-0.2, 0) is 9.59 Å². The van der Waals surface area contributed by atoms with Crippen molar-refractivity contribution >= 4 is 57.0 Å². The zero-order valence-corrected chi connectivity index (χ0v) is 15.6. The van der Waals surface area contributed by atoms with Gasteiger partial charge >= 0.3 is 0 Å². The highest BCUT2D eigenvalue weighted by Crippen LogP contribution is 2.28. The fourth-order valence-electron chi connectivity index (χ4n) is 2.11. The average Bonchev–Trinajstić information content (AvgIpc) is 3.04. The molecular formula is C18H16N4O2S2. The van der Waals surface area contributed by atoms with Crippen LogP contribution in [-0.4, -0.2) is 28.8 Å². The molecule has 6 nitrogen and oxygen atoms in total. The Morgan fingerprint density at radius 2 is 1.96 bits per heavy atom. The second-order valence-electron chi connectivity index (χ2n) is 5.33. The number of hydrazone groups is 1. The summed E-state index contributed by atoms with van der Waals surface area (Å²) in [5, 5.41) is 6.63. The number of thioether (sulfide) groups is 1. The van der Waals surface area contributed by atoms with E-state index in [1.165, 1.54) is 18.7 Å². The molecule has 8 heteroatoms. The van der Waals surface area contributed by atoms with Crippen LogP contribution in [0.2, 0.25) is 0 Å². The van der Waals surface area contributed by atoms with Crippen LogP contribution >= 0.6 is 23.1 Å². The molecule has 2 amide bonds. The van der Waals surface area contributed by atoms with Gasteiger partial charge in [0.25, 0.3) is 5.91 Å². The number of rotatable bonds is 6. The van der Waals surface area contributed by atoms with E-state index in [0.29, 0.717) is 5.69 Å². The molecule has 3 aromatic rings. The molecule has 26 heavy (non-hydrogen) atoms. The summed E-state index contributed by atoms with van der Waals surface area (Å²) in [4.78, 5) is 27.3. The van der Waals surface area contributed by atoms with Gasteiger partial charge in [-0.1, -0.05) is 36.0 Å². The zero-order valence-electron chi connectivity index (χ0n) is 13.9. The Hall–Kier alpha value is -2.71. The Labute approximate surface area is 158 Å². The molecule has 0 radical (unpaired) electrons. The predicted octanol–water partition coefficient (Wildman–Crippen LogP) is 3.50. The lowest BCUT2D eigenvalue weighted by Gasteiger charge is -2.01. The highest BCUT2D eigenvalue weighted by Gasteiger charge is 2.06. The molecule has 0 atom stereocenters. The Bertz CT molecular complexity index is 918. The van der Waals surface area contributed by atoms with Crippen molar-refractivity contribution in [3.8, 4) is 0 Å². The lowest BCUT2D eigenvalue weighted by molar-refractivity contribution is -0.118. The summed E-state index contributed by atoms with van der Waals surface area (Å²) in [5.41, 5.74) is 4.98.